The van der Waals surface area contributed by atoms with E-state index in [0.29, 0.717) is 0 Å². The number of hydrogen-bond acceptors (Lipinski definition) is 2. The summed E-state index contributed by atoms with van der Waals surface area (Å²) in [5, 5.41) is 0. The fourth-order valence-electron chi connectivity index (χ4n) is 0.237. The van der Waals surface area contributed by atoms with Gasteiger partial charge in [0.15, 0.2) is 6.67 Å². The molecule has 0 aromatic rings. The molecule has 0 rings (SSSR count). The van der Waals surface area contributed by atoms with Crippen LogP contribution >= 0.6 is 0 Å². The van der Waals surface area contributed by atoms with Gasteiger partial charge in [-0.15, -0.1) is 0 Å². The number of carbonyl (C=O) groups excluding carboxylic acids is 1. The number of carbonyl (C=O) groups is 1. The Hall–Kier alpha value is -1.07. The fraction of sp³-hybridized carbons (Fsp3) is 0.400. The van der Waals surface area contributed by atoms with E-state index < -0.39 is 31.2 Å². The van der Waals surface area contributed by atoms with Crippen LogP contribution in [-0.2, 0) is 9.53 Å². The van der Waals surface area contributed by atoms with Gasteiger partial charge in [0.2, 0.25) is 5.83 Å². The minimum absolute atomic E-state index is 1.22. The third-order valence-electron chi connectivity index (χ3n) is 0.674. The first kappa shape index (κ1) is 9.93. The average molecular weight is 172 g/mol. The zero-order valence-corrected chi connectivity index (χ0v) is 5.24. The number of ether oxygens (including phenoxy) is 1. The van der Waals surface area contributed by atoms with E-state index in [9.17, 15) is 22.4 Å². The molecule has 0 heterocycles. The lowest BCUT2D eigenvalue weighted by molar-refractivity contribution is -0.144. The molecule has 0 aromatic carbocycles. The average Bonchev–Trinajstić information content (AvgIpc) is 1.99. The maximum Gasteiger partial charge on any atom is 0.337 e. The molecule has 2 nitrogen and oxygen atoms in total. The van der Waals surface area contributed by atoms with Crippen molar-refractivity contribution in [2.24, 2.45) is 0 Å². The topological polar surface area (TPSA) is 26.3 Å². The molecule has 0 aliphatic carbocycles. The summed E-state index contributed by atoms with van der Waals surface area (Å²) in [7, 11) is 0. The molecule has 0 radical (unpaired) electrons. The largest absolute Gasteiger partial charge is 0.456 e. The van der Waals surface area contributed by atoms with Crippen LogP contribution in [0.2, 0.25) is 0 Å². The first-order chi connectivity index (χ1) is 5.07. The second-order valence-corrected chi connectivity index (χ2v) is 1.46. The van der Waals surface area contributed by atoms with Gasteiger partial charge in [-0.3, -0.25) is 0 Å². The van der Waals surface area contributed by atoms with Gasteiger partial charge >= 0.3 is 12.0 Å². The highest BCUT2D eigenvalue weighted by atomic mass is 19.3. The van der Waals surface area contributed by atoms with E-state index in [4.69, 9.17) is 0 Å². The third-order valence-corrected chi connectivity index (χ3v) is 0.674. The molecule has 0 fully saturated rings. The molecule has 0 aliphatic rings. The van der Waals surface area contributed by atoms with Crippen molar-refractivity contribution < 1.29 is 27.1 Å². The van der Waals surface area contributed by atoms with E-state index in [1.54, 1.807) is 0 Å². The summed E-state index contributed by atoms with van der Waals surface area (Å²) < 4.78 is 49.1. The molecule has 64 valence electrons. The Labute approximate surface area is 59.4 Å². The number of hydrogen-bond donors (Lipinski definition) is 0. The minimum Gasteiger partial charge on any atom is -0.456 e. The summed E-state index contributed by atoms with van der Waals surface area (Å²) in [5.41, 5.74) is 0. The van der Waals surface area contributed by atoms with Crippen LogP contribution in [0.25, 0.3) is 0 Å². The monoisotopic (exact) mass is 172 g/mol. The van der Waals surface area contributed by atoms with Crippen molar-refractivity contribution in [2.75, 3.05) is 13.3 Å². The third kappa shape index (κ3) is 4.35. The van der Waals surface area contributed by atoms with Crippen LogP contribution in [-0.4, -0.2) is 19.3 Å². The van der Waals surface area contributed by atoms with Gasteiger partial charge in [0.05, 0.1) is 0 Å². The highest BCUT2D eigenvalue weighted by Gasteiger charge is 2.08. The van der Waals surface area contributed by atoms with Crippen LogP contribution < -0.4 is 0 Å². The Kier molecular flexibility index (Phi) is 4.24. The molecule has 0 unspecified atom stereocenters. The van der Waals surface area contributed by atoms with E-state index in [-0.39, 0.29) is 0 Å². The van der Waals surface area contributed by atoms with Crippen LogP contribution in [0.1, 0.15) is 0 Å². The van der Waals surface area contributed by atoms with E-state index in [1.165, 1.54) is 0 Å². The lowest BCUT2D eigenvalue weighted by Crippen LogP contribution is -2.07. The number of esters is 1. The van der Waals surface area contributed by atoms with Crippen LogP contribution in [0.15, 0.2) is 11.9 Å². The Morgan fingerprint density at radius 2 is 1.82 bits per heavy atom. The van der Waals surface area contributed by atoms with Crippen LogP contribution in [0, 0.1) is 0 Å². The molecule has 0 saturated heterocycles. The Morgan fingerprint density at radius 3 is 2.18 bits per heavy atom. The second-order valence-electron chi connectivity index (χ2n) is 1.46. The van der Waals surface area contributed by atoms with Crippen LogP contribution in [0.5, 0.6) is 0 Å². The van der Waals surface area contributed by atoms with Crippen molar-refractivity contribution in [3.05, 3.63) is 11.9 Å². The SMILES string of the molecule is O=C(CF)OCC(F)=C(F)F. The number of rotatable bonds is 3. The molecule has 11 heavy (non-hydrogen) atoms. The normalized spacial score (nSPS) is 9.09. The molecule has 0 N–H and O–H groups in total. The van der Waals surface area contributed by atoms with Crippen molar-refractivity contribution in [3.63, 3.8) is 0 Å². The molecule has 0 aliphatic heterocycles. The second kappa shape index (κ2) is 4.70. The van der Waals surface area contributed by atoms with E-state index in [0.717, 1.165) is 0 Å². The van der Waals surface area contributed by atoms with Crippen molar-refractivity contribution in [2.45, 2.75) is 0 Å². The zero-order chi connectivity index (χ0) is 8.85. The predicted octanol–water partition coefficient (Wildman–Crippen LogP) is 1.58. The van der Waals surface area contributed by atoms with Gasteiger partial charge in [-0.05, 0) is 0 Å². The summed E-state index contributed by atoms with van der Waals surface area (Å²) in [6.45, 7) is -2.67. The quantitative estimate of drug-likeness (QED) is 0.477. The first-order valence-electron chi connectivity index (χ1n) is 2.49. The van der Waals surface area contributed by atoms with Gasteiger partial charge in [0.25, 0.3) is 0 Å². The number of alkyl halides is 1. The zero-order valence-electron chi connectivity index (χ0n) is 5.24. The maximum absolute atomic E-state index is 11.8. The fourth-order valence-corrected chi connectivity index (χ4v) is 0.237. The van der Waals surface area contributed by atoms with E-state index in [1.807, 2.05) is 0 Å². The molecule has 0 spiro atoms. The standard InChI is InChI=1S/C5H4F4O2/c6-1-4(10)11-2-3(7)5(8)9/h1-2H2. The van der Waals surface area contributed by atoms with Gasteiger partial charge in [0, 0.05) is 0 Å². The van der Waals surface area contributed by atoms with Crippen molar-refractivity contribution >= 4 is 5.97 Å². The van der Waals surface area contributed by atoms with Gasteiger partial charge in [-0.1, -0.05) is 0 Å². The first-order valence-corrected chi connectivity index (χ1v) is 2.49. The lowest BCUT2D eigenvalue weighted by Gasteiger charge is -1.97. The van der Waals surface area contributed by atoms with Gasteiger partial charge < -0.3 is 4.74 Å². The van der Waals surface area contributed by atoms with E-state index in [2.05, 4.69) is 4.74 Å². The molecule has 0 saturated carbocycles. The van der Waals surface area contributed by atoms with Gasteiger partial charge in [-0.25, -0.2) is 13.6 Å². The highest BCUT2D eigenvalue weighted by molar-refractivity contribution is 5.70. The van der Waals surface area contributed by atoms with Crippen molar-refractivity contribution in [1.29, 1.82) is 0 Å². The molecule has 6 heteroatoms. The Balaban J connectivity index is 3.72. The smallest absolute Gasteiger partial charge is 0.337 e. The van der Waals surface area contributed by atoms with E-state index >= 15 is 0 Å². The van der Waals surface area contributed by atoms with Crippen molar-refractivity contribution in [3.8, 4) is 0 Å². The maximum atomic E-state index is 11.8. The minimum atomic E-state index is -2.57. The summed E-state index contributed by atoms with van der Waals surface area (Å²) in [6.07, 6.45) is -2.57. The van der Waals surface area contributed by atoms with Crippen LogP contribution in [0.4, 0.5) is 17.6 Å². The van der Waals surface area contributed by atoms with Crippen molar-refractivity contribution in [1.82, 2.24) is 0 Å². The molecular weight excluding hydrogens is 168 g/mol. The Bertz CT molecular complexity index is 173. The molecule has 0 atom stereocenters. The lowest BCUT2D eigenvalue weighted by atomic mass is 10.6. The summed E-state index contributed by atoms with van der Waals surface area (Å²) >= 11 is 0. The summed E-state index contributed by atoms with van der Waals surface area (Å²) in [4.78, 5) is 9.91. The molecular formula is C5H4F4O2. The Morgan fingerprint density at radius 1 is 1.27 bits per heavy atom. The summed E-state index contributed by atoms with van der Waals surface area (Å²) in [6, 6.07) is 0. The molecule has 0 bridgehead atoms. The predicted molar refractivity (Wildman–Crippen MR) is 27.3 cm³/mol. The van der Waals surface area contributed by atoms with Crippen LogP contribution in [0.3, 0.4) is 0 Å². The molecule has 0 amide bonds. The van der Waals surface area contributed by atoms with Gasteiger partial charge in [0.1, 0.15) is 6.61 Å². The molecule has 0 aromatic heterocycles. The van der Waals surface area contributed by atoms with Gasteiger partial charge in [-0.2, -0.15) is 8.78 Å². The highest BCUT2D eigenvalue weighted by Crippen LogP contribution is 2.08. The summed E-state index contributed by atoms with van der Waals surface area (Å²) in [5.74, 6) is -3.24. The number of halogens is 4.